The molecule has 0 fully saturated rings. The van der Waals surface area contributed by atoms with Crippen molar-refractivity contribution >= 4 is 29.0 Å². The zero-order valence-electron chi connectivity index (χ0n) is 8.63. The second-order valence-corrected chi connectivity index (χ2v) is 3.53. The highest BCUT2D eigenvalue weighted by atomic mass is 35.5. The topological polar surface area (TPSA) is 46.2 Å². The number of carbonyl (C=O) groups excluding carboxylic acids is 2. The second kappa shape index (κ2) is 4.94. The molecule has 1 amide bonds. The first-order valence-corrected chi connectivity index (χ1v) is 5.05. The van der Waals surface area contributed by atoms with Gasteiger partial charge >= 0.3 is 0 Å². The number of aryl methyl sites for hydroxylation is 1. The van der Waals surface area contributed by atoms with Crippen molar-refractivity contribution in [2.75, 3.05) is 11.2 Å². The van der Waals surface area contributed by atoms with E-state index in [9.17, 15) is 9.59 Å². The Bertz CT molecular complexity index is 402. The summed E-state index contributed by atoms with van der Waals surface area (Å²) in [5, 5.41) is 2.67. The molecule has 1 rings (SSSR count). The van der Waals surface area contributed by atoms with Crippen LogP contribution in [0.4, 0.5) is 5.69 Å². The highest BCUT2D eigenvalue weighted by Crippen LogP contribution is 2.17. The molecule has 4 heteroatoms. The minimum Gasteiger partial charge on any atom is -0.326 e. The maximum Gasteiger partial charge on any atom is 0.221 e. The number of carbonyl (C=O) groups is 2. The van der Waals surface area contributed by atoms with E-state index < -0.39 is 0 Å². The first-order chi connectivity index (χ1) is 7.04. The molecule has 0 bridgehead atoms. The number of amides is 1. The summed E-state index contributed by atoms with van der Waals surface area (Å²) < 4.78 is 0. The predicted octanol–water partition coefficient (Wildman–Crippen LogP) is 2.37. The fourth-order valence-electron chi connectivity index (χ4n) is 1.24. The van der Waals surface area contributed by atoms with Crippen LogP contribution < -0.4 is 5.32 Å². The van der Waals surface area contributed by atoms with Crippen LogP contribution in [0.25, 0.3) is 0 Å². The van der Waals surface area contributed by atoms with Crippen LogP contribution in [0.2, 0.25) is 0 Å². The van der Waals surface area contributed by atoms with Gasteiger partial charge in [0.2, 0.25) is 5.91 Å². The molecule has 1 aromatic carbocycles. The molecule has 0 saturated heterocycles. The molecule has 0 saturated carbocycles. The van der Waals surface area contributed by atoms with E-state index in [-0.39, 0.29) is 17.6 Å². The van der Waals surface area contributed by atoms with Gasteiger partial charge in [-0.3, -0.25) is 9.59 Å². The molecule has 3 nitrogen and oxygen atoms in total. The fourth-order valence-corrected chi connectivity index (χ4v) is 1.40. The first-order valence-electron chi connectivity index (χ1n) is 4.52. The predicted molar refractivity (Wildman–Crippen MR) is 60.5 cm³/mol. The molecule has 0 radical (unpaired) electrons. The molecule has 0 heterocycles. The molecule has 0 atom stereocenters. The van der Waals surface area contributed by atoms with E-state index in [0.717, 1.165) is 5.56 Å². The van der Waals surface area contributed by atoms with E-state index in [2.05, 4.69) is 5.32 Å². The number of nitrogens with one attached hydrogen (secondary N) is 1. The smallest absolute Gasteiger partial charge is 0.221 e. The third-order valence-electron chi connectivity index (χ3n) is 1.98. The molecule has 0 aliphatic rings. The molecule has 15 heavy (non-hydrogen) atoms. The van der Waals surface area contributed by atoms with Crippen LogP contribution in [0.15, 0.2) is 18.2 Å². The number of hydrogen-bond acceptors (Lipinski definition) is 2. The van der Waals surface area contributed by atoms with E-state index in [1.807, 2.05) is 6.92 Å². The van der Waals surface area contributed by atoms with Crippen molar-refractivity contribution in [2.24, 2.45) is 0 Å². The Labute approximate surface area is 93.4 Å². The maximum absolute atomic E-state index is 11.3. The van der Waals surface area contributed by atoms with Crippen molar-refractivity contribution in [2.45, 2.75) is 13.8 Å². The minimum absolute atomic E-state index is 0.0288. The summed E-state index contributed by atoms with van der Waals surface area (Å²) in [5.74, 6) is -0.275. The van der Waals surface area contributed by atoms with Crippen molar-refractivity contribution in [3.63, 3.8) is 0 Å². The van der Waals surface area contributed by atoms with Gasteiger partial charge in [-0.25, -0.2) is 0 Å². The lowest BCUT2D eigenvalue weighted by Gasteiger charge is -2.07. The van der Waals surface area contributed by atoms with Crippen LogP contribution in [0, 0.1) is 6.92 Å². The lowest BCUT2D eigenvalue weighted by molar-refractivity contribution is -0.114. The summed E-state index contributed by atoms with van der Waals surface area (Å²) in [7, 11) is 0. The number of halogens is 1. The average molecular weight is 226 g/mol. The second-order valence-electron chi connectivity index (χ2n) is 3.27. The Morgan fingerprint density at radius 1 is 1.40 bits per heavy atom. The Kier molecular flexibility index (Phi) is 3.86. The molecule has 0 aliphatic carbocycles. The van der Waals surface area contributed by atoms with Gasteiger partial charge in [0, 0.05) is 18.2 Å². The lowest BCUT2D eigenvalue weighted by atomic mass is 10.1. The molecule has 0 spiro atoms. The Hall–Kier alpha value is -1.35. The summed E-state index contributed by atoms with van der Waals surface area (Å²) in [6, 6.07) is 5.08. The SMILES string of the molecule is CC(=O)Nc1ccc(C(=O)CCl)cc1C. The van der Waals surface area contributed by atoms with Crippen LogP contribution in [0.1, 0.15) is 22.8 Å². The van der Waals surface area contributed by atoms with Gasteiger partial charge in [0.05, 0.1) is 5.88 Å². The third kappa shape index (κ3) is 3.06. The first kappa shape index (κ1) is 11.7. The fraction of sp³-hybridized carbons (Fsp3) is 0.273. The summed E-state index contributed by atoms with van der Waals surface area (Å²) >= 11 is 5.44. The van der Waals surface area contributed by atoms with Crippen molar-refractivity contribution in [3.05, 3.63) is 29.3 Å². The van der Waals surface area contributed by atoms with E-state index in [1.165, 1.54) is 6.92 Å². The van der Waals surface area contributed by atoms with Crippen molar-refractivity contribution in [1.29, 1.82) is 0 Å². The van der Waals surface area contributed by atoms with Crippen LogP contribution in [-0.4, -0.2) is 17.6 Å². The quantitative estimate of drug-likeness (QED) is 0.634. The van der Waals surface area contributed by atoms with Gasteiger partial charge in [0.1, 0.15) is 0 Å². The molecule has 80 valence electrons. The average Bonchev–Trinajstić information content (AvgIpc) is 2.19. The summed E-state index contributed by atoms with van der Waals surface area (Å²) in [6.07, 6.45) is 0. The van der Waals surface area contributed by atoms with Crippen molar-refractivity contribution in [1.82, 2.24) is 0 Å². The number of Topliss-reactive ketones (excluding diaryl/α,β-unsaturated/α-hetero) is 1. The number of rotatable bonds is 3. The van der Waals surface area contributed by atoms with Gasteiger partial charge in [0.15, 0.2) is 5.78 Å². The Morgan fingerprint density at radius 3 is 2.53 bits per heavy atom. The van der Waals surface area contributed by atoms with Crippen LogP contribution in [0.3, 0.4) is 0 Å². The molecular weight excluding hydrogens is 214 g/mol. The largest absolute Gasteiger partial charge is 0.326 e. The lowest BCUT2D eigenvalue weighted by Crippen LogP contribution is -2.08. The van der Waals surface area contributed by atoms with Crippen LogP contribution in [-0.2, 0) is 4.79 Å². The zero-order chi connectivity index (χ0) is 11.4. The minimum atomic E-state index is -0.130. The molecule has 1 aromatic rings. The monoisotopic (exact) mass is 225 g/mol. The van der Waals surface area contributed by atoms with Crippen LogP contribution >= 0.6 is 11.6 Å². The molecule has 0 aromatic heterocycles. The summed E-state index contributed by atoms with van der Waals surface area (Å²) in [6.45, 7) is 3.27. The van der Waals surface area contributed by atoms with Gasteiger partial charge in [-0.1, -0.05) is 0 Å². The highest BCUT2D eigenvalue weighted by molar-refractivity contribution is 6.30. The maximum atomic E-state index is 11.3. The normalized spacial score (nSPS) is 9.80. The van der Waals surface area contributed by atoms with Crippen molar-refractivity contribution in [3.8, 4) is 0 Å². The van der Waals surface area contributed by atoms with Crippen molar-refractivity contribution < 1.29 is 9.59 Å². The zero-order valence-corrected chi connectivity index (χ0v) is 9.39. The van der Waals surface area contributed by atoms with E-state index >= 15 is 0 Å². The number of anilines is 1. The van der Waals surface area contributed by atoms with Gasteiger partial charge < -0.3 is 5.32 Å². The third-order valence-corrected chi connectivity index (χ3v) is 2.22. The number of ketones is 1. The van der Waals surface area contributed by atoms with Gasteiger partial charge in [-0.05, 0) is 30.7 Å². The standard InChI is InChI=1S/C11H12ClNO2/c1-7-5-9(11(15)6-12)3-4-10(7)13-8(2)14/h3-5H,6H2,1-2H3,(H,13,14). The Morgan fingerprint density at radius 2 is 2.07 bits per heavy atom. The molecule has 0 aliphatic heterocycles. The molecule has 0 unspecified atom stereocenters. The summed E-state index contributed by atoms with van der Waals surface area (Å²) in [4.78, 5) is 22.1. The highest BCUT2D eigenvalue weighted by Gasteiger charge is 2.06. The Balaban J connectivity index is 2.97. The van der Waals surface area contributed by atoms with Crippen LogP contribution in [0.5, 0.6) is 0 Å². The van der Waals surface area contributed by atoms with Gasteiger partial charge in [-0.15, -0.1) is 11.6 Å². The van der Waals surface area contributed by atoms with E-state index in [4.69, 9.17) is 11.6 Å². The van der Waals surface area contributed by atoms with Gasteiger partial charge in [0.25, 0.3) is 0 Å². The number of alkyl halides is 1. The van der Waals surface area contributed by atoms with E-state index in [0.29, 0.717) is 11.3 Å². The van der Waals surface area contributed by atoms with E-state index in [1.54, 1.807) is 18.2 Å². The number of hydrogen-bond donors (Lipinski definition) is 1. The number of benzene rings is 1. The molecule has 1 N–H and O–H groups in total. The van der Waals surface area contributed by atoms with Gasteiger partial charge in [-0.2, -0.15) is 0 Å². The molecular formula is C11H12ClNO2. The summed E-state index contributed by atoms with van der Waals surface area (Å²) in [5.41, 5.74) is 2.13.